The van der Waals surface area contributed by atoms with E-state index in [9.17, 15) is 8.42 Å². The van der Waals surface area contributed by atoms with E-state index in [4.69, 9.17) is 39.0 Å². The molecule has 24 heavy (non-hydrogen) atoms. The molecule has 2 aromatic carbocycles. The zero-order chi connectivity index (χ0) is 17.5. The quantitative estimate of drug-likeness (QED) is 0.560. The number of hydrogen-bond donors (Lipinski definition) is 0. The summed E-state index contributed by atoms with van der Waals surface area (Å²) in [6, 6.07) is 9.16. The van der Waals surface area contributed by atoms with Crippen molar-refractivity contribution in [3.05, 3.63) is 63.2 Å². The predicted octanol–water partition coefficient (Wildman–Crippen LogP) is 5.27. The number of aryl methyl sites for hydroxylation is 1. The third-order valence-corrected chi connectivity index (χ3v) is 5.80. The minimum atomic E-state index is -4.16. The lowest BCUT2D eigenvalue weighted by atomic mass is 10.2. The van der Waals surface area contributed by atoms with Gasteiger partial charge in [-0.1, -0.05) is 34.8 Å². The molecule has 0 fully saturated rings. The first-order valence-corrected chi connectivity index (χ1v) is 9.27. The first kappa shape index (κ1) is 17.3. The Balaban J connectivity index is 2.12. The number of aromatic nitrogens is 1. The Labute approximate surface area is 154 Å². The average molecular weight is 403 g/mol. The van der Waals surface area contributed by atoms with Gasteiger partial charge in [0.1, 0.15) is 10.4 Å². The van der Waals surface area contributed by atoms with Crippen LogP contribution in [0.2, 0.25) is 15.1 Å². The standard InChI is InChI=1S/C16H10Cl3NO3S/c1-9-7-15(13(19)8-12(9)18)24(21,22)23-14-5-4-11(17)10-3-2-6-20-16(10)14/h2-8H,1H3. The molecule has 0 atom stereocenters. The smallest absolute Gasteiger partial charge is 0.340 e. The van der Waals surface area contributed by atoms with E-state index in [0.717, 1.165) is 0 Å². The Kier molecular flexibility index (Phi) is 4.62. The van der Waals surface area contributed by atoms with Crippen LogP contribution in [0, 0.1) is 6.92 Å². The van der Waals surface area contributed by atoms with Crippen LogP contribution < -0.4 is 4.18 Å². The van der Waals surface area contributed by atoms with E-state index in [2.05, 4.69) is 4.98 Å². The summed E-state index contributed by atoms with van der Waals surface area (Å²) in [5.74, 6) is 0.0682. The lowest BCUT2D eigenvalue weighted by molar-refractivity contribution is 0.488. The number of pyridine rings is 1. The predicted molar refractivity (Wildman–Crippen MR) is 95.8 cm³/mol. The molecule has 4 nitrogen and oxygen atoms in total. The third-order valence-electron chi connectivity index (χ3n) is 3.36. The summed E-state index contributed by atoms with van der Waals surface area (Å²) in [6.45, 7) is 1.68. The van der Waals surface area contributed by atoms with E-state index in [1.54, 1.807) is 25.1 Å². The molecule has 3 rings (SSSR count). The molecular formula is C16H10Cl3NO3S. The van der Waals surface area contributed by atoms with Crippen LogP contribution in [0.4, 0.5) is 0 Å². The van der Waals surface area contributed by atoms with Crippen molar-refractivity contribution in [2.45, 2.75) is 11.8 Å². The maximum atomic E-state index is 12.6. The topological polar surface area (TPSA) is 56.3 Å². The van der Waals surface area contributed by atoms with Gasteiger partial charge in [0.2, 0.25) is 0 Å². The van der Waals surface area contributed by atoms with Gasteiger partial charge in [0, 0.05) is 16.6 Å². The second-order valence-corrected chi connectivity index (χ2v) is 7.75. The largest absolute Gasteiger partial charge is 0.377 e. The van der Waals surface area contributed by atoms with Crippen LogP contribution in [0.3, 0.4) is 0 Å². The molecule has 0 aliphatic carbocycles. The van der Waals surface area contributed by atoms with Crippen LogP contribution in [0.1, 0.15) is 5.56 Å². The molecule has 0 saturated heterocycles. The van der Waals surface area contributed by atoms with Crippen LogP contribution in [0.15, 0.2) is 47.5 Å². The summed E-state index contributed by atoms with van der Waals surface area (Å²) in [6.07, 6.45) is 1.53. The molecule has 0 saturated carbocycles. The molecule has 0 N–H and O–H groups in total. The molecule has 124 valence electrons. The zero-order valence-electron chi connectivity index (χ0n) is 12.3. The highest BCUT2D eigenvalue weighted by Crippen LogP contribution is 2.34. The maximum absolute atomic E-state index is 12.6. The van der Waals surface area contributed by atoms with E-state index < -0.39 is 10.1 Å². The summed E-state index contributed by atoms with van der Waals surface area (Å²) in [5.41, 5.74) is 0.915. The summed E-state index contributed by atoms with van der Waals surface area (Å²) in [5, 5.41) is 1.39. The number of rotatable bonds is 3. The Bertz CT molecular complexity index is 1050. The zero-order valence-corrected chi connectivity index (χ0v) is 15.3. The third kappa shape index (κ3) is 3.17. The van der Waals surface area contributed by atoms with Crippen molar-refractivity contribution in [2.75, 3.05) is 0 Å². The minimum Gasteiger partial charge on any atom is -0.377 e. The molecule has 0 unspecified atom stereocenters. The van der Waals surface area contributed by atoms with Crippen LogP contribution in [-0.2, 0) is 10.1 Å². The number of halogens is 3. The highest BCUT2D eigenvalue weighted by Gasteiger charge is 2.23. The van der Waals surface area contributed by atoms with Crippen LogP contribution in [-0.4, -0.2) is 13.4 Å². The fraction of sp³-hybridized carbons (Fsp3) is 0.0625. The molecule has 8 heteroatoms. The van der Waals surface area contributed by atoms with Gasteiger partial charge in [0.15, 0.2) is 5.75 Å². The van der Waals surface area contributed by atoms with E-state index in [1.807, 2.05) is 0 Å². The fourth-order valence-corrected chi connectivity index (χ4v) is 4.13. The Morgan fingerprint density at radius 3 is 2.50 bits per heavy atom. The molecule has 3 aromatic rings. The van der Waals surface area contributed by atoms with Crippen molar-refractivity contribution < 1.29 is 12.6 Å². The summed E-state index contributed by atoms with van der Waals surface area (Å²) < 4.78 is 30.5. The van der Waals surface area contributed by atoms with Crippen molar-refractivity contribution in [3.8, 4) is 5.75 Å². The second kappa shape index (κ2) is 6.41. The van der Waals surface area contributed by atoms with Gasteiger partial charge in [-0.2, -0.15) is 8.42 Å². The van der Waals surface area contributed by atoms with E-state index in [1.165, 1.54) is 24.4 Å². The summed E-state index contributed by atoms with van der Waals surface area (Å²) in [7, 11) is -4.16. The highest BCUT2D eigenvalue weighted by molar-refractivity contribution is 7.87. The van der Waals surface area contributed by atoms with Gasteiger partial charge in [-0.3, -0.25) is 4.98 Å². The summed E-state index contributed by atoms with van der Waals surface area (Å²) in [4.78, 5) is 3.98. The number of hydrogen-bond acceptors (Lipinski definition) is 4. The van der Waals surface area contributed by atoms with Gasteiger partial charge in [-0.05, 0) is 48.9 Å². The molecule has 1 aromatic heterocycles. The van der Waals surface area contributed by atoms with Crippen LogP contribution >= 0.6 is 34.8 Å². The monoisotopic (exact) mass is 401 g/mol. The lowest BCUT2D eigenvalue weighted by Gasteiger charge is -2.12. The van der Waals surface area contributed by atoms with Gasteiger partial charge in [0.05, 0.1) is 10.0 Å². The van der Waals surface area contributed by atoms with Crippen LogP contribution in [0.25, 0.3) is 10.9 Å². The molecule has 0 radical (unpaired) electrons. The van der Waals surface area contributed by atoms with Crippen molar-refractivity contribution >= 4 is 55.8 Å². The summed E-state index contributed by atoms with van der Waals surface area (Å²) >= 11 is 18.1. The van der Waals surface area contributed by atoms with Gasteiger partial charge in [0.25, 0.3) is 0 Å². The SMILES string of the molecule is Cc1cc(S(=O)(=O)Oc2ccc(Cl)c3cccnc23)c(Cl)cc1Cl. The molecule has 0 aliphatic heterocycles. The number of fused-ring (bicyclic) bond motifs is 1. The molecule has 0 aliphatic rings. The van der Waals surface area contributed by atoms with Crippen molar-refractivity contribution in [2.24, 2.45) is 0 Å². The molecule has 0 bridgehead atoms. The normalized spacial score (nSPS) is 11.7. The molecular weight excluding hydrogens is 393 g/mol. The molecule has 0 amide bonds. The van der Waals surface area contributed by atoms with Gasteiger partial charge in [-0.25, -0.2) is 0 Å². The Hall–Kier alpha value is -1.53. The second-order valence-electron chi connectivity index (χ2n) is 5.01. The molecule has 0 spiro atoms. The average Bonchev–Trinajstić information content (AvgIpc) is 2.53. The Morgan fingerprint density at radius 1 is 1.00 bits per heavy atom. The van der Waals surface area contributed by atoms with E-state index in [0.29, 0.717) is 26.5 Å². The van der Waals surface area contributed by atoms with Gasteiger partial charge >= 0.3 is 10.1 Å². The molecule has 1 heterocycles. The van der Waals surface area contributed by atoms with Crippen molar-refractivity contribution in [1.29, 1.82) is 0 Å². The number of nitrogens with zero attached hydrogens (tertiary/aromatic N) is 1. The maximum Gasteiger partial charge on any atom is 0.340 e. The van der Waals surface area contributed by atoms with Gasteiger partial charge < -0.3 is 4.18 Å². The van der Waals surface area contributed by atoms with Crippen molar-refractivity contribution in [1.82, 2.24) is 4.98 Å². The Morgan fingerprint density at radius 2 is 1.75 bits per heavy atom. The minimum absolute atomic E-state index is 0.0168. The lowest BCUT2D eigenvalue weighted by Crippen LogP contribution is -2.11. The number of benzene rings is 2. The van der Waals surface area contributed by atoms with Crippen molar-refractivity contribution in [3.63, 3.8) is 0 Å². The van der Waals surface area contributed by atoms with Gasteiger partial charge in [-0.15, -0.1) is 0 Å². The first-order chi connectivity index (χ1) is 11.3. The fourth-order valence-electron chi connectivity index (χ4n) is 2.16. The van der Waals surface area contributed by atoms with E-state index in [-0.39, 0.29) is 15.7 Å². The first-order valence-electron chi connectivity index (χ1n) is 6.73. The highest BCUT2D eigenvalue weighted by atomic mass is 35.5. The van der Waals surface area contributed by atoms with E-state index >= 15 is 0 Å². The van der Waals surface area contributed by atoms with Crippen LogP contribution in [0.5, 0.6) is 5.75 Å².